The van der Waals surface area contributed by atoms with E-state index in [9.17, 15) is 9.90 Å². The zero-order valence-electron chi connectivity index (χ0n) is 7.67. The van der Waals surface area contributed by atoms with Crippen LogP contribution in [0.2, 0.25) is 0 Å². The van der Waals surface area contributed by atoms with Crippen LogP contribution in [-0.2, 0) is 0 Å². The zero-order chi connectivity index (χ0) is 10.7. The minimum absolute atomic E-state index is 0.279. The first-order chi connectivity index (χ1) is 7.27. The van der Waals surface area contributed by atoms with E-state index in [-0.39, 0.29) is 4.88 Å². The summed E-state index contributed by atoms with van der Waals surface area (Å²) in [6, 6.07) is 3.75. The predicted molar refractivity (Wildman–Crippen MR) is 61.9 cm³/mol. The smallest absolute Gasteiger partial charge is 0.0821 e. The molecule has 2 aromatic rings. The number of hydrogen-bond donors (Lipinski definition) is 0. The van der Waals surface area contributed by atoms with Gasteiger partial charge in [0.05, 0.1) is 10.8 Å². The number of carboxylic acids is 1. The third-order valence-electron chi connectivity index (χ3n) is 1.88. The Bertz CT molecular complexity index is 480. The van der Waals surface area contributed by atoms with Crippen molar-refractivity contribution in [1.29, 1.82) is 0 Å². The maximum atomic E-state index is 10.7. The number of aromatic carboxylic acids is 1. The van der Waals surface area contributed by atoms with Crippen molar-refractivity contribution in [3.8, 4) is 0 Å². The van der Waals surface area contributed by atoms with Crippen molar-refractivity contribution < 1.29 is 9.90 Å². The Hall–Kier alpha value is -1.39. The Morgan fingerprint density at radius 1 is 1.27 bits per heavy atom. The minimum Gasteiger partial charge on any atom is -0.544 e. The lowest BCUT2D eigenvalue weighted by Crippen LogP contribution is -2.21. The molecule has 2 rings (SSSR count). The molecule has 0 amide bonds. The number of carbonyl (C=O) groups is 1. The number of carbonyl (C=O) groups excluding carboxylic acids is 1. The molecule has 0 fully saturated rings. The van der Waals surface area contributed by atoms with Crippen molar-refractivity contribution in [3.05, 3.63) is 44.3 Å². The molecular weight excluding hydrogens is 228 g/mol. The molecule has 0 aliphatic carbocycles. The number of carboxylic acid groups (broad SMARTS) is 1. The lowest BCUT2D eigenvalue weighted by atomic mass is 10.2. The van der Waals surface area contributed by atoms with E-state index in [2.05, 4.69) is 0 Å². The highest BCUT2D eigenvalue weighted by Crippen LogP contribution is 2.19. The van der Waals surface area contributed by atoms with Gasteiger partial charge in [0.15, 0.2) is 0 Å². The Labute approximate surface area is 95.1 Å². The van der Waals surface area contributed by atoms with Crippen LogP contribution in [-0.4, -0.2) is 5.97 Å². The molecule has 0 saturated heterocycles. The Balaban J connectivity index is 2.24. The van der Waals surface area contributed by atoms with Gasteiger partial charge in [-0.05, 0) is 39.4 Å². The number of rotatable bonds is 3. The summed E-state index contributed by atoms with van der Waals surface area (Å²) in [6.45, 7) is 0. The van der Waals surface area contributed by atoms with Gasteiger partial charge in [0.2, 0.25) is 0 Å². The van der Waals surface area contributed by atoms with Crippen molar-refractivity contribution in [2.24, 2.45) is 0 Å². The molecule has 0 aliphatic heterocycles. The van der Waals surface area contributed by atoms with Crippen LogP contribution in [0.5, 0.6) is 0 Å². The van der Waals surface area contributed by atoms with Crippen molar-refractivity contribution in [1.82, 2.24) is 0 Å². The average molecular weight is 235 g/mol. The summed E-state index contributed by atoms with van der Waals surface area (Å²) in [5, 5.41) is 16.4. The first-order valence-electron chi connectivity index (χ1n) is 4.26. The van der Waals surface area contributed by atoms with Crippen LogP contribution in [0.1, 0.15) is 20.8 Å². The van der Waals surface area contributed by atoms with Crippen LogP contribution >= 0.6 is 22.7 Å². The predicted octanol–water partition coefficient (Wildman–Crippen LogP) is 2.34. The van der Waals surface area contributed by atoms with Gasteiger partial charge in [0.25, 0.3) is 0 Å². The molecule has 0 spiro atoms. The Morgan fingerprint density at radius 2 is 2.13 bits per heavy atom. The fraction of sp³-hybridized carbons (Fsp3) is 0. The van der Waals surface area contributed by atoms with Crippen molar-refractivity contribution in [2.75, 3.05) is 0 Å². The Kier molecular flexibility index (Phi) is 2.99. The van der Waals surface area contributed by atoms with E-state index in [1.807, 2.05) is 22.9 Å². The molecule has 2 heterocycles. The summed E-state index contributed by atoms with van der Waals surface area (Å²) in [5.74, 6) is -1.12. The highest BCUT2D eigenvalue weighted by atomic mass is 32.1. The lowest BCUT2D eigenvalue weighted by Gasteiger charge is -1.98. The van der Waals surface area contributed by atoms with Gasteiger partial charge in [-0.15, -0.1) is 11.3 Å². The topological polar surface area (TPSA) is 40.1 Å². The van der Waals surface area contributed by atoms with Crippen LogP contribution in [0.15, 0.2) is 28.3 Å². The van der Waals surface area contributed by atoms with Crippen molar-refractivity contribution in [3.63, 3.8) is 0 Å². The maximum Gasteiger partial charge on any atom is 0.0821 e. The summed E-state index contributed by atoms with van der Waals surface area (Å²) < 4.78 is 0. The van der Waals surface area contributed by atoms with Crippen LogP contribution in [0, 0.1) is 0 Å². The normalized spacial score (nSPS) is 10.9. The highest BCUT2D eigenvalue weighted by molar-refractivity contribution is 7.12. The first kappa shape index (κ1) is 10.1. The number of hydrogen-bond acceptors (Lipinski definition) is 4. The summed E-state index contributed by atoms with van der Waals surface area (Å²) >= 11 is 2.79. The van der Waals surface area contributed by atoms with E-state index < -0.39 is 5.97 Å². The molecule has 76 valence electrons. The molecule has 2 nitrogen and oxygen atoms in total. The second kappa shape index (κ2) is 4.42. The van der Waals surface area contributed by atoms with E-state index in [0.29, 0.717) is 5.56 Å². The van der Waals surface area contributed by atoms with Gasteiger partial charge in [-0.2, -0.15) is 11.3 Å². The maximum absolute atomic E-state index is 10.7. The molecule has 15 heavy (non-hydrogen) atoms. The number of thiophene rings is 2. The monoisotopic (exact) mass is 235 g/mol. The van der Waals surface area contributed by atoms with Gasteiger partial charge in [0, 0.05) is 0 Å². The summed E-state index contributed by atoms with van der Waals surface area (Å²) in [4.78, 5) is 11.0. The molecule has 0 bridgehead atoms. The fourth-order valence-electron chi connectivity index (χ4n) is 1.17. The van der Waals surface area contributed by atoms with Crippen LogP contribution < -0.4 is 5.11 Å². The van der Waals surface area contributed by atoms with Crippen LogP contribution in [0.4, 0.5) is 0 Å². The molecule has 0 unspecified atom stereocenters. The largest absolute Gasteiger partial charge is 0.544 e. The third kappa shape index (κ3) is 2.34. The molecule has 0 aromatic carbocycles. The van der Waals surface area contributed by atoms with E-state index >= 15 is 0 Å². The van der Waals surface area contributed by atoms with Gasteiger partial charge >= 0.3 is 0 Å². The standard InChI is InChI=1S/C11H8O2S2/c12-11(13)10-9(4-6-15-10)2-1-8-3-5-14-7-8/h1-7H,(H,12,13)/p-1/b2-1-. The molecule has 2 aromatic heterocycles. The molecule has 4 heteroatoms. The van der Waals surface area contributed by atoms with E-state index in [1.54, 1.807) is 28.9 Å². The summed E-state index contributed by atoms with van der Waals surface area (Å²) in [6.07, 6.45) is 3.69. The van der Waals surface area contributed by atoms with Crippen LogP contribution in [0.3, 0.4) is 0 Å². The second-order valence-electron chi connectivity index (χ2n) is 2.88. The average Bonchev–Trinajstić information content (AvgIpc) is 2.86. The summed E-state index contributed by atoms with van der Waals surface area (Å²) in [7, 11) is 0. The minimum atomic E-state index is -1.12. The van der Waals surface area contributed by atoms with Crippen LogP contribution in [0.25, 0.3) is 12.2 Å². The van der Waals surface area contributed by atoms with E-state index in [4.69, 9.17) is 0 Å². The van der Waals surface area contributed by atoms with E-state index in [1.165, 1.54) is 11.3 Å². The first-order valence-corrected chi connectivity index (χ1v) is 6.09. The molecule has 0 atom stereocenters. The SMILES string of the molecule is O=C([O-])c1sccc1/C=C\c1ccsc1. The van der Waals surface area contributed by atoms with Crippen molar-refractivity contribution >= 4 is 40.8 Å². The van der Waals surface area contributed by atoms with E-state index in [0.717, 1.165) is 5.56 Å². The van der Waals surface area contributed by atoms with Gasteiger partial charge in [0.1, 0.15) is 0 Å². The fourth-order valence-corrected chi connectivity index (χ4v) is 2.52. The molecule has 0 radical (unpaired) electrons. The van der Waals surface area contributed by atoms with Gasteiger partial charge < -0.3 is 9.90 Å². The van der Waals surface area contributed by atoms with Gasteiger partial charge in [-0.1, -0.05) is 12.2 Å². The second-order valence-corrected chi connectivity index (χ2v) is 4.58. The zero-order valence-corrected chi connectivity index (χ0v) is 9.31. The molecule has 0 aliphatic rings. The molecule has 0 N–H and O–H groups in total. The van der Waals surface area contributed by atoms with Gasteiger partial charge in [-0.3, -0.25) is 0 Å². The quantitative estimate of drug-likeness (QED) is 0.819. The Morgan fingerprint density at radius 3 is 2.80 bits per heavy atom. The lowest BCUT2D eigenvalue weighted by molar-refractivity contribution is -0.254. The van der Waals surface area contributed by atoms with Gasteiger partial charge in [-0.25, -0.2) is 0 Å². The highest BCUT2D eigenvalue weighted by Gasteiger charge is 2.01. The van der Waals surface area contributed by atoms with Crippen molar-refractivity contribution in [2.45, 2.75) is 0 Å². The summed E-state index contributed by atoms with van der Waals surface area (Å²) in [5.41, 5.74) is 1.78. The molecular formula is C11H7O2S2-. The third-order valence-corrected chi connectivity index (χ3v) is 3.49. The molecule has 0 saturated carbocycles.